The molecule has 1 fully saturated rings. The zero-order valence-corrected chi connectivity index (χ0v) is 10.8. The van der Waals surface area contributed by atoms with Gasteiger partial charge in [0, 0.05) is 25.8 Å². The number of rotatable bonds is 8. The lowest BCUT2D eigenvalue weighted by molar-refractivity contribution is 0.124. The molecule has 100 valence electrons. The van der Waals surface area contributed by atoms with E-state index in [1.165, 1.54) is 12.8 Å². The maximum Gasteiger partial charge on any atom is 0.145 e. The van der Waals surface area contributed by atoms with Crippen molar-refractivity contribution in [2.75, 3.05) is 30.5 Å². The van der Waals surface area contributed by atoms with Gasteiger partial charge in [-0.15, -0.1) is 0 Å². The molecule has 1 heterocycles. The lowest BCUT2D eigenvalue weighted by Gasteiger charge is -2.08. The van der Waals surface area contributed by atoms with Crippen LogP contribution in [0.15, 0.2) is 6.07 Å². The molecule has 0 spiro atoms. The van der Waals surface area contributed by atoms with Crippen LogP contribution in [0.4, 0.5) is 11.6 Å². The molecule has 1 aliphatic rings. The van der Waals surface area contributed by atoms with Crippen LogP contribution in [0.2, 0.25) is 0 Å². The van der Waals surface area contributed by atoms with Crippen molar-refractivity contribution in [1.82, 2.24) is 9.97 Å². The molecule has 6 heteroatoms. The summed E-state index contributed by atoms with van der Waals surface area (Å²) in [5.74, 6) is 8.26. The van der Waals surface area contributed by atoms with E-state index in [0.717, 1.165) is 37.9 Å². The molecule has 0 amide bonds. The Morgan fingerprint density at radius 3 is 2.89 bits per heavy atom. The highest BCUT2D eigenvalue weighted by Crippen LogP contribution is 2.28. The maximum absolute atomic E-state index is 5.56. The second-order valence-corrected chi connectivity index (χ2v) is 4.63. The Balaban J connectivity index is 1.63. The van der Waals surface area contributed by atoms with Gasteiger partial charge in [0.25, 0.3) is 0 Å². The highest BCUT2D eigenvalue weighted by Gasteiger charge is 2.20. The average molecular weight is 251 g/mol. The van der Waals surface area contributed by atoms with Crippen LogP contribution < -0.4 is 16.6 Å². The molecule has 0 unspecified atom stereocenters. The van der Waals surface area contributed by atoms with Crippen LogP contribution in [0.5, 0.6) is 0 Å². The van der Waals surface area contributed by atoms with Crippen LogP contribution in [0.25, 0.3) is 0 Å². The van der Waals surface area contributed by atoms with Gasteiger partial charge in [0.2, 0.25) is 0 Å². The Bertz CT molecular complexity index is 381. The number of nitrogen functional groups attached to an aromatic ring is 1. The predicted octanol–water partition coefficient (Wildman–Crippen LogP) is 1.30. The van der Waals surface area contributed by atoms with Crippen molar-refractivity contribution in [2.24, 2.45) is 11.8 Å². The highest BCUT2D eigenvalue weighted by molar-refractivity contribution is 5.46. The second-order valence-electron chi connectivity index (χ2n) is 4.63. The van der Waals surface area contributed by atoms with Crippen molar-refractivity contribution in [3.63, 3.8) is 0 Å². The normalized spacial score (nSPS) is 14.6. The quantitative estimate of drug-likeness (QED) is 0.367. The lowest BCUT2D eigenvalue weighted by atomic mass is 10.4. The van der Waals surface area contributed by atoms with Gasteiger partial charge in [0.15, 0.2) is 0 Å². The Hall–Kier alpha value is -1.40. The summed E-state index contributed by atoms with van der Waals surface area (Å²) in [6, 6.07) is 1.79. The van der Waals surface area contributed by atoms with Crippen molar-refractivity contribution in [3.8, 4) is 0 Å². The number of aromatic nitrogens is 2. The summed E-state index contributed by atoms with van der Waals surface area (Å²) < 4.78 is 5.56. The van der Waals surface area contributed by atoms with E-state index in [4.69, 9.17) is 10.6 Å². The molecule has 4 N–H and O–H groups in total. The van der Waals surface area contributed by atoms with Crippen molar-refractivity contribution >= 4 is 11.6 Å². The molecule has 0 atom stereocenters. The molecule has 1 saturated carbocycles. The van der Waals surface area contributed by atoms with Crippen LogP contribution in [0, 0.1) is 12.8 Å². The Morgan fingerprint density at radius 1 is 1.39 bits per heavy atom. The lowest BCUT2D eigenvalue weighted by Crippen LogP contribution is -2.12. The van der Waals surface area contributed by atoms with Gasteiger partial charge < -0.3 is 15.5 Å². The Kier molecular flexibility index (Phi) is 4.72. The van der Waals surface area contributed by atoms with Gasteiger partial charge in [-0.25, -0.2) is 15.8 Å². The van der Waals surface area contributed by atoms with Gasteiger partial charge in [0.05, 0.1) is 0 Å². The van der Waals surface area contributed by atoms with Crippen LogP contribution in [0.3, 0.4) is 0 Å². The average Bonchev–Trinajstić information content (AvgIpc) is 3.17. The van der Waals surface area contributed by atoms with Gasteiger partial charge in [0.1, 0.15) is 17.5 Å². The van der Waals surface area contributed by atoms with E-state index < -0.39 is 0 Å². The first-order chi connectivity index (χ1) is 8.78. The number of ether oxygens (including phenoxy) is 1. The van der Waals surface area contributed by atoms with Crippen LogP contribution in [-0.4, -0.2) is 29.7 Å². The molecule has 0 saturated heterocycles. The van der Waals surface area contributed by atoms with E-state index in [2.05, 4.69) is 20.7 Å². The number of anilines is 2. The Labute approximate surface area is 107 Å². The first kappa shape index (κ1) is 13.0. The van der Waals surface area contributed by atoms with Gasteiger partial charge >= 0.3 is 0 Å². The summed E-state index contributed by atoms with van der Waals surface area (Å²) in [6.45, 7) is 4.40. The molecule has 0 bridgehead atoms. The zero-order chi connectivity index (χ0) is 12.8. The van der Waals surface area contributed by atoms with Crippen LogP contribution in [0.1, 0.15) is 25.1 Å². The summed E-state index contributed by atoms with van der Waals surface area (Å²) >= 11 is 0. The SMILES string of the molecule is Cc1nc(NN)cc(NCCCOCC2CC2)n1. The molecule has 1 aromatic heterocycles. The molecule has 1 aliphatic carbocycles. The number of hydrazine groups is 1. The summed E-state index contributed by atoms with van der Waals surface area (Å²) in [5, 5.41) is 3.24. The highest BCUT2D eigenvalue weighted by atomic mass is 16.5. The molecule has 0 aromatic carbocycles. The monoisotopic (exact) mass is 251 g/mol. The minimum atomic E-state index is 0.620. The number of nitrogens with zero attached hydrogens (tertiary/aromatic N) is 2. The fourth-order valence-corrected chi connectivity index (χ4v) is 1.66. The molecular weight excluding hydrogens is 230 g/mol. The van der Waals surface area contributed by atoms with E-state index in [1.54, 1.807) is 6.07 Å². The summed E-state index contributed by atoms with van der Waals surface area (Å²) in [6.07, 6.45) is 3.65. The van der Waals surface area contributed by atoms with E-state index in [1.807, 2.05) is 6.92 Å². The molecule has 0 aliphatic heterocycles. The topological polar surface area (TPSA) is 85.1 Å². The van der Waals surface area contributed by atoms with Gasteiger partial charge in [-0.3, -0.25) is 0 Å². The third-order valence-corrected chi connectivity index (χ3v) is 2.81. The number of nitrogens with two attached hydrogens (primary N) is 1. The van der Waals surface area contributed by atoms with Crippen LogP contribution >= 0.6 is 0 Å². The Morgan fingerprint density at radius 2 is 2.17 bits per heavy atom. The summed E-state index contributed by atoms with van der Waals surface area (Å²) in [7, 11) is 0. The second kappa shape index (κ2) is 6.51. The van der Waals surface area contributed by atoms with Gasteiger partial charge in [-0.05, 0) is 32.1 Å². The van der Waals surface area contributed by atoms with E-state index in [0.29, 0.717) is 11.6 Å². The van der Waals surface area contributed by atoms with Crippen LogP contribution in [-0.2, 0) is 4.74 Å². The third-order valence-electron chi connectivity index (χ3n) is 2.81. The predicted molar refractivity (Wildman–Crippen MR) is 71.2 cm³/mol. The molecule has 2 rings (SSSR count). The van der Waals surface area contributed by atoms with E-state index in [9.17, 15) is 0 Å². The van der Waals surface area contributed by atoms with Crippen molar-refractivity contribution in [1.29, 1.82) is 0 Å². The smallest absolute Gasteiger partial charge is 0.145 e. The summed E-state index contributed by atoms with van der Waals surface area (Å²) in [5.41, 5.74) is 2.52. The van der Waals surface area contributed by atoms with Crippen molar-refractivity contribution < 1.29 is 4.74 Å². The third kappa shape index (κ3) is 4.46. The van der Waals surface area contributed by atoms with Crippen molar-refractivity contribution in [3.05, 3.63) is 11.9 Å². The zero-order valence-electron chi connectivity index (χ0n) is 10.8. The summed E-state index contributed by atoms with van der Waals surface area (Å²) in [4.78, 5) is 8.40. The molecule has 0 radical (unpaired) electrons. The number of nitrogens with one attached hydrogen (secondary N) is 2. The van der Waals surface area contributed by atoms with Gasteiger partial charge in [-0.2, -0.15) is 0 Å². The number of hydrogen-bond donors (Lipinski definition) is 3. The molecule has 18 heavy (non-hydrogen) atoms. The fraction of sp³-hybridized carbons (Fsp3) is 0.667. The first-order valence-electron chi connectivity index (χ1n) is 6.42. The minimum absolute atomic E-state index is 0.620. The fourth-order valence-electron chi connectivity index (χ4n) is 1.66. The molecule has 6 nitrogen and oxygen atoms in total. The number of aryl methyl sites for hydroxylation is 1. The number of hydrogen-bond acceptors (Lipinski definition) is 6. The minimum Gasteiger partial charge on any atom is -0.381 e. The van der Waals surface area contributed by atoms with Crippen molar-refractivity contribution in [2.45, 2.75) is 26.2 Å². The first-order valence-corrected chi connectivity index (χ1v) is 6.42. The largest absolute Gasteiger partial charge is 0.381 e. The van der Waals surface area contributed by atoms with E-state index in [-0.39, 0.29) is 0 Å². The van der Waals surface area contributed by atoms with E-state index >= 15 is 0 Å². The van der Waals surface area contributed by atoms with Gasteiger partial charge in [-0.1, -0.05) is 0 Å². The molecule has 1 aromatic rings. The maximum atomic E-state index is 5.56. The molecular formula is C12H21N5O. The standard InChI is InChI=1S/C12H21N5O/c1-9-15-11(7-12(16-9)17-13)14-5-2-6-18-8-10-3-4-10/h7,10H,2-6,8,13H2,1H3,(H2,14,15,16,17).